The number of anilines is 1. The molecular formula is C29H33F2N3O3. The lowest BCUT2D eigenvalue weighted by Gasteiger charge is -2.36. The van der Waals surface area contributed by atoms with Gasteiger partial charge < -0.3 is 16.2 Å². The Morgan fingerprint density at radius 3 is 2.46 bits per heavy atom. The van der Waals surface area contributed by atoms with E-state index in [1.165, 1.54) is 18.2 Å². The van der Waals surface area contributed by atoms with Gasteiger partial charge in [-0.15, -0.1) is 0 Å². The molecule has 2 aliphatic rings. The Balaban J connectivity index is 1.72. The topological polar surface area (TPSA) is 97.4 Å². The quantitative estimate of drug-likeness (QED) is 0.392. The maximum atomic E-state index is 15.5. The summed E-state index contributed by atoms with van der Waals surface area (Å²) in [6.45, 7) is 4.14. The average Bonchev–Trinajstić information content (AvgIpc) is 3.18. The standard InChI is InChI=1S/C29H33F2N3O3/c1-3-29(4-2)14-24-26(20-10-5-17(30)13-23(20)34(24)25(36)15-29)16-11-21(31)27(28(32)37)22(12-16)33-18-6-8-19(35)9-7-18/h5,10-13,18-19,33,35H,3-4,6-9,14-15H2,1-2H3,(H2,32,37). The molecule has 5 rings (SSSR count). The summed E-state index contributed by atoms with van der Waals surface area (Å²) in [7, 11) is 0. The van der Waals surface area contributed by atoms with Crippen molar-refractivity contribution in [3.63, 3.8) is 0 Å². The molecule has 1 aromatic heterocycles. The number of fused-ring (bicyclic) bond motifs is 3. The fraction of sp³-hybridized carbons (Fsp3) is 0.448. The van der Waals surface area contributed by atoms with Crippen LogP contribution in [0.25, 0.3) is 22.0 Å². The second-order valence-electron chi connectivity index (χ2n) is 10.7. The SMILES string of the molecule is CCC1(CC)CC(=O)n2c(c(-c3cc(F)c(C(N)=O)c(NC4CCC(O)CC4)c3)c3ccc(F)cc32)C1. The molecule has 196 valence electrons. The van der Waals surface area contributed by atoms with Gasteiger partial charge in [0.2, 0.25) is 5.91 Å². The number of rotatable bonds is 6. The molecule has 0 atom stereocenters. The molecule has 37 heavy (non-hydrogen) atoms. The van der Waals surface area contributed by atoms with Gasteiger partial charge in [-0.3, -0.25) is 14.2 Å². The molecule has 1 saturated carbocycles. The molecular weight excluding hydrogens is 476 g/mol. The zero-order valence-corrected chi connectivity index (χ0v) is 21.2. The molecule has 0 unspecified atom stereocenters. The van der Waals surface area contributed by atoms with Crippen molar-refractivity contribution >= 4 is 28.4 Å². The Morgan fingerprint density at radius 1 is 1.11 bits per heavy atom. The third kappa shape index (κ3) is 4.41. The number of nitrogens with zero attached hydrogens (tertiary/aromatic N) is 1. The summed E-state index contributed by atoms with van der Waals surface area (Å²) < 4.78 is 31.4. The van der Waals surface area contributed by atoms with Crippen molar-refractivity contribution in [1.29, 1.82) is 0 Å². The number of carbonyl (C=O) groups is 2. The van der Waals surface area contributed by atoms with E-state index in [1.54, 1.807) is 16.7 Å². The summed E-state index contributed by atoms with van der Waals surface area (Å²) in [5, 5.41) is 13.8. The Bertz CT molecular complexity index is 1390. The van der Waals surface area contributed by atoms with E-state index in [0.717, 1.165) is 18.5 Å². The molecule has 0 bridgehead atoms. The van der Waals surface area contributed by atoms with Gasteiger partial charge in [-0.05, 0) is 86.3 Å². The average molecular weight is 510 g/mol. The van der Waals surface area contributed by atoms with Crippen LogP contribution in [-0.4, -0.2) is 33.6 Å². The molecule has 6 nitrogen and oxygen atoms in total. The molecule has 1 aliphatic heterocycles. The van der Waals surface area contributed by atoms with Crippen molar-refractivity contribution in [1.82, 2.24) is 4.57 Å². The Kier molecular flexibility index (Phi) is 6.56. The van der Waals surface area contributed by atoms with Crippen molar-refractivity contribution in [2.75, 3.05) is 5.32 Å². The zero-order chi connectivity index (χ0) is 26.5. The van der Waals surface area contributed by atoms with E-state index in [2.05, 4.69) is 19.2 Å². The molecule has 1 amide bonds. The number of nitrogens with one attached hydrogen (secondary N) is 1. The number of aromatic nitrogens is 1. The normalized spacial score (nSPS) is 21.2. The van der Waals surface area contributed by atoms with Crippen LogP contribution >= 0.6 is 0 Å². The Labute approximate surface area is 214 Å². The number of nitrogens with two attached hydrogens (primary N) is 1. The van der Waals surface area contributed by atoms with E-state index in [0.29, 0.717) is 66.2 Å². The van der Waals surface area contributed by atoms with Crippen LogP contribution in [0.3, 0.4) is 0 Å². The third-order valence-electron chi connectivity index (χ3n) is 8.53. The van der Waals surface area contributed by atoms with E-state index in [4.69, 9.17) is 5.73 Å². The van der Waals surface area contributed by atoms with E-state index in [1.807, 2.05) is 0 Å². The van der Waals surface area contributed by atoms with Crippen molar-refractivity contribution in [2.45, 2.75) is 77.4 Å². The molecule has 2 heterocycles. The highest BCUT2D eigenvalue weighted by molar-refractivity contribution is 6.06. The Morgan fingerprint density at radius 2 is 1.81 bits per heavy atom. The lowest BCUT2D eigenvalue weighted by atomic mass is 9.72. The van der Waals surface area contributed by atoms with Crippen molar-refractivity contribution < 1.29 is 23.5 Å². The molecule has 4 N–H and O–H groups in total. The van der Waals surface area contributed by atoms with Gasteiger partial charge in [-0.1, -0.05) is 13.8 Å². The lowest BCUT2D eigenvalue weighted by molar-refractivity contribution is 0.0769. The molecule has 1 aliphatic carbocycles. The van der Waals surface area contributed by atoms with Gasteiger partial charge >= 0.3 is 0 Å². The monoisotopic (exact) mass is 509 g/mol. The molecule has 1 fully saturated rings. The van der Waals surface area contributed by atoms with Gasteiger partial charge in [0.05, 0.1) is 22.9 Å². The summed E-state index contributed by atoms with van der Waals surface area (Å²) in [5.74, 6) is -2.18. The summed E-state index contributed by atoms with van der Waals surface area (Å²) in [6, 6.07) is 7.29. The van der Waals surface area contributed by atoms with Gasteiger partial charge in [0.25, 0.3) is 5.91 Å². The third-order valence-corrected chi connectivity index (χ3v) is 8.53. The van der Waals surface area contributed by atoms with E-state index in [9.17, 15) is 19.1 Å². The van der Waals surface area contributed by atoms with Crippen LogP contribution in [0.5, 0.6) is 0 Å². The van der Waals surface area contributed by atoms with Crippen LogP contribution < -0.4 is 11.1 Å². The molecule has 8 heteroatoms. The molecule has 0 radical (unpaired) electrons. The number of aliphatic hydroxyl groups excluding tert-OH is 1. The molecule has 3 aromatic rings. The van der Waals surface area contributed by atoms with Crippen LogP contribution in [-0.2, 0) is 6.42 Å². The van der Waals surface area contributed by atoms with Crippen LogP contribution in [0.1, 0.15) is 79.6 Å². The molecule has 0 saturated heterocycles. The van der Waals surface area contributed by atoms with Crippen molar-refractivity contribution in [2.24, 2.45) is 11.1 Å². The largest absolute Gasteiger partial charge is 0.393 e. The highest BCUT2D eigenvalue weighted by Crippen LogP contribution is 2.46. The first-order chi connectivity index (χ1) is 17.7. The maximum Gasteiger partial charge on any atom is 0.253 e. The number of carbonyl (C=O) groups excluding carboxylic acids is 2. The van der Waals surface area contributed by atoms with Gasteiger partial charge in [-0.25, -0.2) is 8.78 Å². The molecule has 0 spiro atoms. The number of hydrogen-bond acceptors (Lipinski definition) is 4. The minimum absolute atomic E-state index is 0.0423. The number of primary amides is 1. The van der Waals surface area contributed by atoms with Crippen LogP contribution in [0.2, 0.25) is 0 Å². The van der Waals surface area contributed by atoms with Crippen LogP contribution in [0.4, 0.5) is 14.5 Å². The lowest BCUT2D eigenvalue weighted by Crippen LogP contribution is -2.35. The first kappa shape index (κ1) is 25.4. The maximum absolute atomic E-state index is 15.5. The van der Waals surface area contributed by atoms with Gasteiger partial charge in [0.1, 0.15) is 11.6 Å². The summed E-state index contributed by atoms with van der Waals surface area (Å²) in [6.07, 6.45) is 4.81. The first-order valence-corrected chi connectivity index (χ1v) is 13.1. The van der Waals surface area contributed by atoms with Crippen LogP contribution in [0, 0.1) is 17.0 Å². The van der Waals surface area contributed by atoms with Gasteiger partial charge in [-0.2, -0.15) is 0 Å². The number of hydrogen-bond donors (Lipinski definition) is 3. The predicted molar refractivity (Wildman–Crippen MR) is 140 cm³/mol. The van der Waals surface area contributed by atoms with E-state index in [-0.39, 0.29) is 29.0 Å². The molecule has 2 aromatic carbocycles. The second-order valence-corrected chi connectivity index (χ2v) is 10.7. The summed E-state index contributed by atoms with van der Waals surface area (Å²) in [5.41, 5.74) is 7.78. The fourth-order valence-electron chi connectivity index (χ4n) is 6.21. The highest BCUT2D eigenvalue weighted by atomic mass is 19.1. The van der Waals surface area contributed by atoms with Crippen LogP contribution in [0.15, 0.2) is 30.3 Å². The van der Waals surface area contributed by atoms with E-state index >= 15 is 4.39 Å². The number of amides is 1. The number of aliphatic hydroxyl groups is 1. The first-order valence-electron chi connectivity index (χ1n) is 13.1. The van der Waals surface area contributed by atoms with Gasteiger partial charge in [0.15, 0.2) is 0 Å². The van der Waals surface area contributed by atoms with E-state index < -0.39 is 17.5 Å². The number of halogens is 2. The summed E-state index contributed by atoms with van der Waals surface area (Å²) >= 11 is 0. The second kappa shape index (κ2) is 9.56. The smallest absolute Gasteiger partial charge is 0.253 e. The minimum atomic E-state index is -0.876. The Hall–Kier alpha value is -3.26. The van der Waals surface area contributed by atoms with Crippen molar-refractivity contribution in [3.05, 3.63) is 53.2 Å². The zero-order valence-electron chi connectivity index (χ0n) is 21.2. The predicted octanol–water partition coefficient (Wildman–Crippen LogP) is 5.79. The minimum Gasteiger partial charge on any atom is -0.393 e. The fourth-order valence-corrected chi connectivity index (χ4v) is 6.21. The summed E-state index contributed by atoms with van der Waals surface area (Å²) in [4.78, 5) is 25.7. The van der Waals surface area contributed by atoms with Gasteiger partial charge in [0, 0.05) is 29.1 Å². The number of benzene rings is 2. The van der Waals surface area contributed by atoms with Crippen molar-refractivity contribution in [3.8, 4) is 11.1 Å². The highest BCUT2D eigenvalue weighted by Gasteiger charge is 2.39.